The monoisotopic (exact) mass is 260 g/mol. The number of benzene rings is 1. The Balaban J connectivity index is 2.61. The number of aryl methyl sites for hydroxylation is 1. The van der Waals surface area contributed by atoms with Crippen LogP contribution in [0.3, 0.4) is 0 Å². The molecule has 5 nitrogen and oxygen atoms in total. The van der Waals surface area contributed by atoms with Crippen molar-refractivity contribution in [1.82, 2.24) is 9.97 Å². The molecule has 0 fully saturated rings. The molecule has 0 saturated heterocycles. The maximum atomic E-state index is 5.39. The van der Waals surface area contributed by atoms with Crippen LogP contribution in [0, 0.1) is 6.92 Å². The van der Waals surface area contributed by atoms with Gasteiger partial charge in [0.2, 0.25) is 0 Å². The van der Waals surface area contributed by atoms with Crippen molar-refractivity contribution in [2.45, 2.75) is 6.92 Å². The van der Waals surface area contributed by atoms with Crippen LogP contribution < -0.4 is 14.2 Å². The van der Waals surface area contributed by atoms with E-state index in [4.69, 9.17) is 14.2 Å². The summed E-state index contributed by atoms with van der Waals surface area (Å²) < 4.78 is 15.9. The van der Waals surface area contributed by atoms with E-state index in [0.717, 1.165) is 11.3 Å². The van der Waals surface area contributed by atoms with Gasteiger partial charge in [0.1, 0.15) is 11.6 Å². The summed E-state index contributed by atoms with van der Waals surface area (Å²) in [4.78, 5) is 8.48. The number of hydrogen-bond donors (Lipinski definition) is 0. The Kier molecular flexibility index (Phi) is 3.85. The fraction of sp³-hybridized carbons (Fsp3) is 0.286. The average Bonchev–Trinajstić information content (AvgIpc) is 2.45. The van der Waals surface area contributed by atoms with Gasteiger partial charge in [-0.05, 0) is 19.1 Å². The molecule has 0 spiro atoms. The van der Waals surface area contributed by atoms with Crippen molar-refractivity contribution in [3.8, 4) is 28.5 Å². The maximum Gasteiger partial charge on any atom is 0.164 e. The first-order valence-corrected chi connectivity index (χ1v) is 5.79. The quantitative estimate of drug-likeness (QED) is 0.845. The van der Waals surface area contributed by atoms with E-state index in [1.165, 1.54) is 0 Å². The molecule has 0 aliphatic rings. The van der Waals surface area contributed by atoms with Crippen molar-refractivity contribution >= 4 is 0 Å². The summed E-state index contributed by atoms with van der Waals surface area (Å²) in [7, 11) is 4.80. The fourth-order valence-corrected chi connectivity index (χ4v) is 1.84. The van der Waals surface area contributed by atoms with E-state index < -0.39 is 0 Å². The summed E-state index contributed by atoms with van der Waals surface area (Å²) >= 11 is 0. The van der Waals surface area contributed by atoms with Gasteiger partial charge in [0.25, 0.3) is 0 Å². The zero-order valence-electron chi connectivity index (χ0n) is 11.4. The summed E-state index contributed by atoms with van der Waals surface area (Å²) in [5.74, 6) is 2.63. The van der Waals surface area contributed by atoms with Crippen molar-refractivity contribution in [2.75, 3.05) is 21.3 Å². The number of nitrogens with zero attached hydrogens (tertiary/aromatic N) is 2. The molecule has 1 heterocycles. The zero-order valence-corrected chi connectivity index (χ0v) is 11.4. The highest BCUT2D eigenvalue weighted by atomic mass is 16.5. The van der Waals surface area contributed by atoms with Crippen molar-refractivity contribution in [3.05, 3.63) is 30.2 Å². The van der Waals surface area contributed by atoms with E-state index in [1.807, 2.05) is 19.1 Å². The van der Waals surface area contributed by atoms with Gasteiger partial charge in [0.05, 0.1) is 27.0 Å². The van der Waals surface area contributed by atoms with Crippen molar-refractivity contribution in [2.24, 2.45) is 0 Å². The summed E-state index contributed by atoms with van der Waals surface area (Å²) in [6.45, 7) is 1.84. The van der Waals surface area contributed by atoms with Crippen LogP contribution in [0.2, 0.25) is 0 Å². The fourth-order valence-electron chi connectivity index (χ4n) is 1.84. The predicted octanol–water partition coefficient (Wildman–Crippen LogP) is 2.48. The Hall–Kier alpha value is -2.30. The first-order chi connectivity index (χ1) is 9.19. The van der Waals surface area contributed by atoms with Crippen LogP contribution in [0.25, 0.3) is 11.3 Å². The van der Waals surface area contributed by atoms with Gasteiger partial charge in [0, 0.05) is 17.8 Å². The van der Waals surface area contributed by atoms with Crippen LogP contribution in [0.5, 0.6) is 17.2 Å². The minimum atomic E-state index is 0.619. The van der Waals surface area contributed by atoms with Gasteiger partial charge < -0.3 is 14.2 Å². The molecule has 0 radical (unpaired) electrons. The lowest BCUT2D eigenvalue weighted by molar-refractivity contribution is 0.349. The van der Waals surface area contributed by atoms with Crippen molar-refractivity contribution < 1.29 is 14.2 Å². The smallest absolute Gasteiger partial charge is 0.164 e. The number of ether oxygens (including phenoxy) is 3. The van der Waals surface area contributed by atoms with E-state index in [-0.39, 0.29) is 0 Å². The first-order valence-electron chi connectivity index (χ1n) is 5.79. The molecular weight excluding hydrogens is 244 g/mol. The molecule has 5 heteroatoms. The number of rotatable bonds is 4. The lowest BCUT2D eigenvalue weighted by Gasteiger charge is -2.13. The van der Waals surface area contributed by atoms with Crippen LogP contribution in [0.15, 0.2) is 24.4 Å². The summed E-state index contributed by atoms with van der Waals surface area (Å²) in [6, 6.07) is 5.46. The molecule has 0 N–H and O–H groups in total. The molecule has 19 heavy (non-hydrogen) atoms. The molecule has 0 saturated carbocycles. The Morgan fingerprint density at radius 3 is 2.11 bits per heavy atom. The van der Waals surface area contributed by atoms with Crippen LogP contribution in [0.1, 0.15) is 5.82 Å². The van der Waals surface area contributed by atoms with E-state index in [1.54, 1.807) is 33.6 Å². The molecule has 2 aromatic rings. The third-order valence-corrected chi connectivity index (χ3v) is 2.76. The highest BCUT2D eigenvalue weighted by molar-refractivity contribution is 5.71. The number of aromatic nitrogens is 2. The first kappa shape index (κ1) is 13.1. The summed E-state index contributed by atoms with van der Waals surface area (Å²) in [5, 5.41) is 0. The van der Waals surface area contributed by atoms with Gasteiger partial charge in [0.15, 0.2) is 11.5 Å². The van der Waals surface area contributed by atoms with E-state index in [9.17, 15) is 0 Å². The third kappa shape index (κ3) is 2.59. The summed E-state index contributed by atoms with van der Waals surface area (Å²) in [5.41, 5.74) is 1.62. The zero-order chi connectivity index (χ0) is 13.8. The van der Waals surface area contributed by atoms with Gasteiger partial charge in [-0.2, -0.15) is 0 Å². The number of methoxy groups -OCH3 is 3. The molecule has 0 bridgehead atoms. The van der Waals surface area contributed by atoms with Gasteiger partial charge in [-0.1, -0.05) is 0 Å². The minimum Gasteiger partial charge on any atom is -0.496 e. The van der Waals surface area contributed by atoms with Crippen molar-refractivity contribution in [1.29, 1.82) is 0 Å². The standard InChI is InChI=1S/C14H16N2O3/c1-9-15-6-5-11(16-9)10-7-13(18-3)14(19-4)8-12(10)17-2/h5-8H,1-4H3. The van der Waals surface area contributed by atoms with Crippen LogP contribution in [0.4, 0.5) is 0 Å². The molecule has 0 aliphatic carbocycles. The molecule has 0 unspecified atom stereocenters. The SMILES string of the molecule is COc1cc(OC)c(-c2ccnc(C)n2)cc1OC. The predicted molar refractivity (Wildman–Crippen MR) is 71.9 cm³/mol. The minimum absolute atomic E-state index is 0.619. The molecule has 0 atom stereocenters. The van der Waals surface area contributed by atoms with Gasteiger partial charge in [-0.3, -0.25) is 0 Å². The molecule has 1 aromatic carbocycles. The molecule has 0 aliphatic heterocycles. The Morgan fingerprint density at radius 1 is 0.895 bits per heavy atom. The van der Waals surface area contributed by atoms with E-state index >= 15 is 0 Å². The lowest BCUT2D eigenvalue weighted by atomic mass is 10.1. The molecule has 1 aromatic heterocycles. The Morgan fingerprint density at radius 2 is 1.53 bits per heavy atom. The van der Waals surface area contributed by atoms with Crippen LogP contribution in [-0.2, 0) is 0 Å². The van der Waals surface area contributed by atoms with E-state index in [2.05, 4.69) is 9.97 Å². The number of hydrogen-bond acceptors (Lipinski definition) is 5. The highest BCUT2D eigenvalue weighted by Gasteiger charge is 2.14. The topological polar surface area (TPSA) is 53.5 Å². The second kappa shape index (κ2) is 5.56. The Labute approximate surface area is 112 Å². The van der Waals surface area contributed by atoms with Gasteiger partial charge in [-0.25, -0.2) is 9.97 Å². The molecule has 0 amide bonds. The maximum absolute atomic E-state index is 5.39. The Bertz CT molecular complexity index is 585. The third-order valence-electron chi connectivity index (χ3n) is 2.76. The molecule has 2 rings (SSSR count). The molecular formula is C14H16N2O3. The normalized spacial score (nSPS) is 10.1. The van der Waals surface area contributed by atoms with Crippen molar-refractivity contribution in [3.63, 3.8) is 0 Å². The summed E-state index contributed by atoms with van der Waals surface area (Å²) in [6.07, 6.45) is 1.72. The second-order valence-electron chi connectivity index (χ2n) is 3.90. The highest BCUT2D eigenvalue weighted by Crippen LogP contribution is 2.39. The van der Waals surface area contributed by atoms with E-state index in [0.29, 0.717) is 23.1 Å². The lowest BCUT2D eigenvalue weighted by Crippen LogP contribution is -1.97. The largest absolute Gasteiger partial charge is 0.496 e. The van der Waals surface area contributed by atoms with Crippen LogP contribution in [-0.4, -0.2) is 31.3 Å². The molecule has 100 valence electrons. The van der Waals surface area contributed by atoms with Gasteiger partial charge in [-0.15, -0.1) is 0 Å². The second-order valence-corrected chi connectivity index (χ2v) is 3.90. The van der Waals surface area contributed by atoms with Crippen LogP contribution >= 0.6 is 0 Å². The average molecular weight is 260 g/mol. The van der Waals surface area contributed by atoms with Gasteiger partial charge >= 0.3 is 0 Å².